The van der Waals surface area contributed by atoms with Crippen molar-refractivity contribution in [3.05, 3.63) is 76.8 Å². The third-order valence-corrected chi connectivity index (χ3v) is 6.34. The minimum absolute atomic E-state index is 0.262. The number of anilines is 1. The van der Waals surface area contributed by atoms with Crippen molar-refractivity contribution >= 4 is 27.1 Å². The quantitative estimate of drug-likeness (QED) is 0.628. The Hall–Kier alpha value is -2.44. The van der Waals surface area contributed by atoms with Gasteiger partial charge in [-0.3, -0.25) is 4.98 Å². The Labute approximate surface area is 168 Å². The van der Waals surface area contributed by atoms with Crippen LogP contribution in [-0.4, -0.2) is 26.2 Å². The highest BCUT2D eigenvalue weighted by atomic mass is 35.5. The van der Waals surface area contributed by atoms with E-state index in [4.69, 9.17) is 11.6 Å². The number of fused-ring (bicyclic) bond motifs is 1. The molecule has 0 saturated heterocycles. The molecular weight excluding hydrogens is 399 g/mol. The first kappa shape index (κ1) is 18.9. The topological polar surface area (TPSA) is 50.3 Å². The largest absolute Gasteiger partial charge is 0.367 e. The van der Waals surface area contributed by atoms with Crippen molar-refractivity contribution in [1.82, 2.24) is 4.98 Å². The summed E-state index contributed by atoms with van der Waals surface area (Å²) < 4.78 is 37.5. The van der Waals surface area contributed by atoms with Crippen LogP contribution in [0.15, 0.2) is 59.8 Å². The lowest BCUT2D eigenvalue weighted by Gasteiger charge is -2.21. The monoisotopic (exact) mass is 416 g/mol. The van der Waals surface area contributed by atoms with Crippen LogP contribution in [0.3, 0.4) is 0 Å². The van der Waals surface area contributed by atoms with Crippen LogP contribution in [0.25, 0.3) is 11.1 Å². The van der Waals surface area contributed by atoms with Gasteiger partial charge < -0.3 is 4.90 Å². The smallest absolute Gasteiger partial charge is 0.178 e. The van der Waals surface area contributed by atoms with Gasteiger partial charge in [0.25, 0.3) is 0 Å². The van der Waals surface area contributed by atoms with E-state index in [0.29, 0.717) is 11.6 Å². The minimum atomic E-state index is -3.61. The van der Waals surface area contributed by atoms with Gasteiger partial charge in [0.1, 0.15) is 10.7 Å². The molecule has 0 fully saturated rings. The van der Waals surface area contributed by atoms with Gasteiger partial charge in [0.05, 0.1) is 5.02 Å². The zero-order valence-corrected chi connectivity index (χ0v) is 16.8. The molecular formula is C21H18ClFN2O2S. The maximum atomic E-state index is 13.9. The maximum absolute atomic E-state index is 13.9. The van der Waals surface area contributed by atoms with Gasteiger partial charge in [-0.15, -0.1) is 0 Å². The molecule has 0 atom stereocenters. The van der Waals surface area contributed by atoms with E-state index in [1.54, 1.807) is 18.5 Å². The van der Waals surface area contributed by atoms with Crippen LogP contribution in [0.2, 0.25) is 5.02 Å². The molecule has 28 heavy (non-hydrogen) atoms. The van der Waals surface area contributed by atoms with Crippen molar-refractivity contribution < 1.29 is 12.8 Å². The second-order valence-corrected chi connectivity index (χ2v) is 9.30. The standard InChI is InChI=1S/C21H18ClFN2O2S/c1-28(26,27)21-10-14(2-5-19(21)23)13-25-9-7-15-3-4-16(11-20(15)25)17-6-8-24-12-18(17)22/h2-6,8,10-12H,7,9,13H2,1H3. The average molecular weight is 417 g/mol. The minimum Gasteiger partial charge on any atom is -0.367 e. The molecule has 0 unspecified atom stereocenters. The highest BCUT2D eigenvalue weighted by Gasteiger charge is 2.21. The van der Waals surface area contributed by atoms with Crippen LogP contribution in [0.1, 0.15) is 11.1 Å². The van der Waals surface area contributed by atoms with Crippen molar-refractivity contribution in [1.29, 1.82) is 0 Å². The van der Waals surface area contributed by atoms with Gasteiger partial charge in [-0.25, -0.2) is 12.8 Å². The number of pyridine rings is 1. The summed E-state index contributed by atoms with van der Waals surface area (Å²) >= 11 is 6.28. The van der Waals surface area contributed by atoms with Crippen molar-refractivity contribution in [2.24, 2.45) is 0 Å². The number of benzene rings is 2. The Morgan fingerprint density at radius 2 is 2.00 bits per heavy atom. The van der Waals surface area contributed by atoms with Gasteiger partial charge >= 0.3 is 0 Å². The Kier molecular flexibility index (Phi) is 4.85. The zero-order chi connectivity index (χ0) is 19.9. The average Bonchev–Trinajstić information content (AvgIpc) is 3.05. The first-order chi connectivity index (χ1) is 13.3. The van der Waals surface area contributed by atoms with Crippen molar-refractivity contribution in [2.75, 3.05) is 17.7 Å². The molecule has 0 bridgehead atoms. The lowest BCUT2D eigenvalue weighted by atomic mass is 10.0. The fourth-order valence-corrected chi connectivity index (χ4v) is 4.55. The number of sulfone groups is 1. The van der Waals surface area contributed by atoms with Gasteiger partial charge in [0, 0.05) is 43.0 Å². The molecule has 144 valence electrons. The Morgan fingerprint density at radius 3 is 2.75 bits per heavy atom. The molecule has 4 nitrogen and oxygen atoms in total. The van der Waals surface area contributed by atoms with Crippen molar-refractivity contribution in [3.8, 4) is 11.1 Å². The third-order valence-electron chi connectivity index (χ3n) is 4.93. The van der Waals surface area contributed by atoms with Gasteiger partial charge in [0.15, 0.2) is 9.84 Å². The molecule has 2 aromatic carbocycles. The molecule has 0 radical (unpaired) electrons. The van der Waals surface area contributed by atoms with Gasteiger partial charge in [0.2, 0.25) is 0 Å². The van der Waals surface area contributed by atoms with E-state index in [0.717, 1.165) is 41.6 Å². The summed E-state index contributed by atoms with van der Waals surface area (Å²) in [6.45, 7) is 1.32. The summed E-state index contributed by atoms with van der Waals surface area (Å²) in [5, 5.41) is 0.586. The normalized spacial score (nSPS) is 13.6. The Balaban J connectivity index is 1.67. The van der Waals surface area contributed by atoms with Crippen molar-refractivity contribution in [3.63, 3.8) is 0 Å². The van der Waals surface area contributed by atoms with E-state index in [9.17, 15) is 12.8 Å². The third kappa shape index (κ3) is 3.62. The molecule has 0 amide bonds. The Morgan fingerprint density at radius 1 is 1.18 bits per heavy atom. The first-order valence-corrected chi connectivity index (χ1v) is 11.1. The predicted octanol–water partition coefficient (Wildman–Crippen LogP) is 4.51. The summed E-state index contributed by atoms with van der Waals surface area (Å²) in [6.07, 6.45) is 5.25. The highest BCUT2D eigenvalue weighted by Crippen LogP contribution is 2.36. The van der Waals surface area contributed by atoms with E-state index in [1.165, 1.54) is 17.7 Å². The Bertz CT molecular complexity index is 1160. The van der Waals surface area contributed by atoms with Crippen LogP contribution in [-0.2, 0) is 22.8 Å². The molecule has 0 N–H and O–H groups in total. The van der Waals surface area contributed by atoms with Crippen LogP contribution in [0.4, 0.5) is 10.1 Å². The summed E-state index contributed by atoms with van der Waals surface area (Å²) in [6, 6.07) is 12.4. The lowest BCUT2D eigenvalue weighted by Crippen LogP contribution is -2.20. The summed E-state index contributed by atoms with van der Waals surface area (Å²) in [5.41, 5.74) is 4.96. The molecule has 1 aliphatic rings. The van der Waals surface area contributed by atoms with E-state index >= 15 is 0 Å². The van der Waals surface area contributed by atoms with Gasteiger partial charge in [-0.2, -0.15) is 0 Å². The fraction of sp³-hybridized carbons (Fsp3) is 0.190. The molecule has 3 aromatic rings. The van der Waals surface area contributed by atoms with E-state index < -0.39 is 15.7 Å². The zero-order valence-electron chi connectivity index (χ0n) is 15.2. The SMILES string of the molecule is CS(=O)(=O)c1cc(CN2CCc3ccc(-c4ccncc4Cl)cc32)ccc1F. The summed E-state index contributed by atoms with van der Waals surface area (Å²) in [4.78, 5) is 5.94. The van der Waals surface area contributed by atoms with Crippen LogP contribution >= 0.6 is 11.6 Å². The second-order valence-electron chi connectivity index (χ2n) is 6.91. The number of rotatable bonds is 4. The summed E-state index contributed by atoms with van der Waals surface area (Å²) in [5.74, 6) is -0.720. The summed E-state index contributed by atoms with van der Waals surface area (Å²) in [7, 11) is -3.61. The molecule has 7 heteroatoms. The molecule has 0 saturated carbocycles. The van der Waals surface area contributed by atoms with Crippen molar-refractivity contribution in [2.45, 2.75) is 17.9 Å². The molecule has 4 rings (SSSR count). The predicted molar refractivity (Wildman–Crippen MR) is 109 cm³/mol. The number of hydrogen-bond acceptors (Lipinski definition) is 4. The number of halogens is 2. The van der Waals surface area contributed by atoms with E-state index in [-0.39, 0.29) is 4.90 Å². The highest BCUT2D eigenvalue weighted by molar-refractivity contribution is 7.90. The van der Waals surface area contributed by atoms with Crippen LogP contribution in [0, 0.1) is 5.82 Å². The van der Waals surface area contributed by atoms with Crippen LogP contribution in [0.5, 0.6) is 0 Å². The fourth-order valence-electron chi connectivity index (χ4n) is 3.54. The first-order valence-electron chi connectivity index (χ1n) is 8.79. The van der Waals surface area contributed by atoms with Crippen LogP contribution < -0.4 is 4.90 Å². The second kappa shape index (κ2) is 7.18. The van der Waals surface area contributed by atoms with Gasteiger partial charge in [-0.1, -0.05) is 29.8 Å². The number of aromatic nitrogens is 1. The van der Waals surface area contributed by atoms with E-state index in [2.05, 4.69) is 22.0 Å². The number of hydrogen-bond donors (Lipinski definition) is 0. The molecule has 0 aliphatic carbocycles. The molecule has 0 spiro atoms. The maximum Gasteiger partial charge on any atom is 0.178 e. The molecule has 1 aliphatic heterocycles. The number of nitrogens with zero attached hydrogens (tertiary/aromatic N) is 2. The van der Waals surface area contributed by atoms with E-state index in [1.807, 2.05) is 12.1 Å². The van der Waals surface area contributed by atoms with Gasteiger partial charge in [-0.05, 0) is 47.4 Å². The lowest BCUT2D eigenvalue weighted by molar-refractivity contribution is 0.569. The molecule has 2 heterocycles. The molecule has 1 aromatic heterocycles.